The van der Waals surface area contributed by atoms with Gasteiger partial charge in [0, 0.05) is 38.8 Å². The largest absolute Gasteiger partial charge is 0.361 e. The van der Waals surface area contributed by atoms with Crippen LogP contribution in [0.2, 0.25) is 0 Å². The Labute approximate surface area is 136 Å². The minimum atomic E-state index is -3.40. The molecule has 0 atom stereocenters. The first-order chi connectivity index (χ1) is 10.9. The smallest absolute Gasteiger partial charge is 0.243 e. The lowest BCUT2D eigenvalue weighted by Gasteiger charge is -2.33. The highest BCUT2D eigenvalue weighted by Gasteiger charge is 2.28. The molecule has 1 aliphatic heterocycles. The summed E-state index contributed by atoms with van der Waals surface area (Å²) in [7, 11) is -3.40. The van der Waals surface area contributed by atoms with Crippen molar-refractivity contribution in [3.05, 3.63) is 47.3 Å². The van der Waals surface area contributed by atoms with E-state index < -0.39 is 10.0 Å². The van der Waals surface area contributed by atoms with Crippen LogP contribution in [0, 0.1) is 13.8 Å². The lowest BCUT2D eigenvalue weighted by molar-refractivity contribution is 0.177. The summed E-state index contributed by atoms with van der Waals surface area (Å²) >= 11 is 0. The van der Waals surface area contributed by atoms with Crippen LogP contribution in [0.1, 0.15) is 17.0 Å². The molecule has 0 bridgehead atoms. The summed E-state index contributed by atoms with van der Waals surface area (Å²) in [6, 6.07) is 8.92. The fourth-order valence-electron chi connectivity index (χ4n) is 2.71. The zero-order chi connectivity index (χ0) is 16.4. The van der Waals surface area contributed by atoms with E-state index in [1.807, 2.05) is 32.0 Å². The molecule has 2 aromatic rings. The van der Waals surface area contributed by atoms with Gasteiger partial charge in [0.1, 0.15) is 5.76 Å². The van der Waals surface area contributed by atoms with Gasteiger partial charge in [-0.05, 0) is 26.0 Å². The molecule has 1 aromatic heterocycles. The van der Waals surface area contributed by atoms with Crippen molar-refractivity contribution in [2.24, 2.45) is 0 Å². The van der Waals surface area contributed by atoms with Crippen molar-refractivity contribution in [3.63, 3.8) is 0 Å². The Bertz CT molecular complexity index is 760. The molecule has 124 valence electrons. The third kappa shape index (κ3) is 3.63. The molecule has 0 N–H and O–H groups in total. The first-order valence-corrected chi connectivity index (χ1v) is 9.10. The lowest BCUT2D eigenvalue weighted by Crippen LogP contribution is -2.48. The fourth-order valence-corrected chi connectivity index (χ4v) is 4.13. The summed E-state index contributed by atoms with van der Waals surface area (Å²) in [6.07, 6.45) is 0. The Morgan fingerprint density at radius 2 is 1.74 bits per heavy atom. The number of rotatable bonds is 4. The molecule has 23 heavy (non-hydrogen) atoms. The second-order valence-corrected chi connectivity index (χ2v) is 7.86. The van der Waals surface area contributed by atoms with Crippen molar-refractivity contribution in [2.75, 3.05) is 26.2 Å². The predicted octanol–water partition coefficient (Wildman–Crippen LogP) is 1.80. The zero-order valence-electron chi connectivity index (χ0n) is 13.4. The van der Waals surface area contributed by atoms with Crippen LogP contribution in [-0.2, 0) is 16.6 Å². The van der Waals surface area contributed by atoms with Crippen LogP contribution >= 0.6 is 0 Å². The Morgan fingerprint density at radius 3 is 2.30 bits per heavy atom. The molecule has 3 rings (SSSR count). The van der Waals surface area contributed by atoms with Gasteiger partial charge in [-0.3, -0.25) is 4.90 Å². The van der Waals surface area contributed by atoms with Crippen molar-refractivity contribution >= 4 is 10.0 Å². The number of aryl methyl sites for hydroxylation is 2. The number of hydrogen-bond acceptors (Lipinski definition) is 5. The van der Waals surface area contributed by atoms with E-state index in [4.69, 9.17) is 4.52 Å². The lowest BCUT2D eigenvalue weighted by atomic mass is 10.2. The summed E-state index contributed by atoms with van der Waals surface area (Å²) in [4.78, 5) is 2.56. The first-order valence-electron chi connectivity index (χ1n) is 7.66. The van der Waals surface area contributed by atoms with Gasteiger partial charge in [0.05, 0.1) is 10.6 Å². The molecule has 0 radical (unpaired) electrons. The van der Waals surface area contributed by atoms with Gasteiger partial charge >= 0.3 is 0 Å². The molecule has 1 saturated heterocycles. The maximum atomic E-state index is 12.6. The molecule has 0 amide bonds. The minimum Gasteiger partial charge on any atom is -0.361 e. The first kappa shape index (κ1) is 16.2. The van der Waals surface area contributed by atoms with E-state index in [1.54, 1.807) is 16.4 Å². The molecule has 2 heterocycles. The average molecular weight is 335 g/mol. The average Bonchev–Trinajstić information content (AvgIpc) is 2.93. The summed E-state index contributed by atoms with van der Waals surface area (Å²) in [6.45, 7) is 6.87. The van der Waals surface area contributed by atoms with Crippen molar-refractivity contribution < 1.29 is 12.9 Å². The Hall–Kier alpha value is -1.70. The summed E-state index contributed by atoms with van der Waals surface area (Å²) in [5.74, 6) is 0.792. The quantitative estimate of drug-likeness (QED) is 0.852. The van der Waals surface area contributed by atoms with Gasteiger partial charge in [-0.15, -0.1) is 0 Å². The number of hydrogen-bond donors (Lipinski definition) is 0. The maximum absolute atomic E-state index is 12.6. The van der Waals surface area contributed by atoms with Crippen molar-refractivity contribution in [1.82, 2.24) is 14.4 Å². The normalized spacial score (nSPS) is 17.5. The van der Waals surface area contributed by atoms with Gasteiger partial charge in [0.25, 0.3) is 0 Å². The number of piperazine rings is 1. The van der Waals surface area contributed by atoms with Crippen molar-refractivity contribution in [3.8, 4) is 0 Å². The molecular weight excluding hydrogens is 314 g/mol. The topological polar surface area (TPSA) is 66.7 Å². The highest BCUT2D eigenvalue weighted by atomic mass is 32.2. The molecule has 0 unspecified atom stereocenters. The molecule has 1 fully saturated rings. The third-order valence-electron chi connectivity index (χ3n) is 4.05. The minimum absolute atomic E-state index is 0.365. The second-order valence-electron chi connectivity index (χ2n) is 5.92. The van der Waals surface area contributed by atoms with Crippen LogP contribution in [0.4, 0.5) is 0 Å². The van der Waals surface area contributed by atoms with Gasteiger partial charge in [0.15, 0.2) is 0 Å². The molecule has 0 aliphatic carbocycles. The van der Waals surface area contributed by atoms with Crippen LogP contribution in [0.15, 0.2) is 39.8 Å². The van der Waals surface area contributed by atoms with E-state index in [2.05, 4.69) is 10.1 Å². The molecular formula is C16H21N3O3S. The highest BCUT2D eigenvalue weighted by Crippen LogP contribution is 2.19. The van der Waals surface area contributed by atoms with Gasteiger partial charge in [0.2, 0.25) is 10.0 Å². The SMILES string of the molecule is Cc1ccc(S(=O)(=O)N2CCN(Cc3cc(C)on3)CC2)cc1. The number of benzene rings is 1. The predicted molar refractivity (Wildman–Crippen MR) is 86.5 cm³/mol. The zero-order valence-corrected chi connectivity index (χ0v) is 14.2. The standard InChI is InChI=1S/C16H21N3O3S/c1-13-3-5-16(6-4-13)23(20,21)19-9-7-18(8-10-19)12-15-11-14(2)22-17-15/h3-6,11H,7-10,12H2,1-2H3. The fraction of sp³-hybridized carbons (Fsp3) is 0.438. The van der Waals surface area contributed by atoms with Crippen LogP contribution in [0.25, 0.3) is 0 Å². The van der Waals surface area contributed by atoms with E-state index in [9.17, 15) is 8.42 Å². The van der Waals surface area contributed by atoms with Gasteiger partial charge in [-0.1, -0.05) is 22.9 Å². The molecule has 1 aliphatic rings. The van der Waals surface area contributed by atoms with Crippen molar-refractivity contribution in [1.29, 1.82) is 0 Å². The van der Waals surface area contributed by atoms with Gasteiger partial charge < -0.3 is 4.52 Å². The van der Waals surface area contributed by atoms with Crippen LogP contribution < -0.4 is 0 Å². The third-order valence-corrected chi connectivity index (χ3v) is 5.97. The van der Waals surface area contributed by atoms with E-state index in [1.165, 1.54) is 0 Å². The molecule has 7 heteroatoms. The Balaban J connectivity index is 1.62. The molecule has 0 spiro atoms. The van der Waals surface area contributed by atoms with E-state index in [0.717, 1.165) is 17.0 Å². The monoisotopic (exact) mass is 335 g/mol. The van der Waals surface area contributed by atoms with Crippen LogP contribution in [-0.4, -0.2) is 49.0 Å². The number of nitrogens with zero attached hydrogens (tertiary/aromatic N) is 3. The van der Waals surface area contributed by atoms with Gasteiger partial charge in [-0.2, -0.15) is 4.31 Å². The summed E-state index contributed by atoms with van der Waals surface area (Å²) < 4.78 is 31.9. The summed E-state index contributed by atoms with van der Waals surface area (Å²) in [5.41, 5.74) is 1.94. The Morgan fingerprint density at radius 1 is 1.09 bits per heavy atom. The van der Waals surface area contributed by atoms with E-state index in [0.29, 0.717) is 37.6 Å². The number of aromatic nitrogens is 1. The van der Waals surface area contributed by atoms with Crippen LogP contribution in [0.3, 0.4) is 0 Å². The molecule has 1 aromatic carbocycles. The maximum Gasteiger partial charge on any atom is 0.243 e. The Kier molecular flexibility index (Phi) is 4.52. The molecule has 0 saturated carbocycles. The van der Waals surface area contributed by atoms with E-state index >= 15 is 0 Å². The van der Waals surface area contributed by atoms with Crippen LogP contribution in [0.5, 0.6) is 0 Å². The summed E-state index contributed by atoms with van der Waals surface area (Å²) in [5, 5.41) is 3.98. The second kappa shape index (κ2) is 6.43. The van der Waals surface area contributed by atoms with Crippen molar-refractivity contribution in [2.45, 2.75) is 25.3 Å². The number of sulfonamides is 1. The molecule has 6 nitrogen and oxygen atoms in total. The van der Waals surface area contributed by atoms with E-state index in [-0.39, 0.29) is 0 Å². The van der Waals surface area contributed by atoms with Gasteiger partial charge in [-0.25, -0.2) is 8.42 Å². The highest BCUT2D eigenvalue weighted by molar-refractivity contribution is 7.89.